The molecule has 8 heteroatoms. The standard InChI is InChI=1S/C19H16BrNO4S2/c20-13-6-4-12(5-7-13)15-9-8-14(25-15)11-16-18(24)21(19(26)27-16)10-2-1-3-17(22)23/h4-9,11H,1-3,10H2,(H,22,23)/b16-11-. The van der Waals surface area contributed by atoms with Crippen molar-refractivity contribution in [1.82, 2.24) is 4.90 Å². The van der Waals surface area contributed by atoms with E-state index in [-0.39, 0.29) is 12.3 Å². The number of thiocarbonyl (C=S) groups is 1. The van der Waals surface area contributed by atoms with E-state index >= 15 is 0 Å². The molecule has 27 heavy (non-hydrogen) atoms. The van der Waals surface area contributed by atoms with Gasteiger partial charge in [0, 0.05) is 29.1 Å². The molecule has 0 unspecified atom stereocenters. The molecular formula is C19H16BrNO4S2. The average Bonchev–Trinajstić information content (AvgIpc) is 3.19. The first-order valence-corrected chi connectivity index (χ1v) is 10.3. The molecule has 1 aromatic carbocycles. The number of carbonyl (C=O) groups excluding carboxylic acids is 1. The fourth-order valence-corrected chi connectivity index (χ4v) is 4.12. The van der Waals surface area contributed by atoms with Crippen LogP contribution in [0.15, 0.2) is 50.2 Å². The van der Waals surface area contributed by atoms with Gasteiger partial charge in [-0.2, -0.15) is 0 Å². The molecule has 1 amide bonds. The van der Waals surface area contributed by atoms with Gasteiger partial charge >= 0.3 is 5.97 Å². The maximum Gasteiger partial charge on any atom is 0.303 e. The van der Waals surface area contributed by atoms with E-state index in [0.29, 0.717) is 34.4 Å². The number of carbonyl (C=O) groups is 2. The van der Waals surface area contributed by atoms with Crippen molar-refractivity contribution < 1.29 is 19.1 Å². The Kier molecular flexibility index (Phi) is 6.51. The predicted octanol–water partition coefficient (Wildman–Crippen LogP) is 5.17. The minimum atomic E-state index is -0.834. The third-order valence-electron chi connectivity index (χ3n) is 3.92. The third kappa shape index (κ3) is 5.09. The summed E-state index contributed by atoms with van der Waals surface area (Å²) < 4.78 is 7.31. The minimum Gasteiger partial charge on any atom is -0.481 e. The van der Waals surface area contributed by atoms with Crippen LogP contribution in [0.1, 0.15) is 25.0 Å². The van der Waals surface area contributed by atoms with Gasteiger partial charge in [-0.25, -0.2) is 0 Å². The molecule has 1 fully saturated rings. The normalized spacial score (nSPS) is 15.7. The van der Waals surface area contributed by atoms with E-state index in [9.17, 15) is 9.59 Å². The topological polar surface area (TPSA) is 70.8 Å². The van der Waals surface area contributed by atoms with Crippen LogP contribution in [-0.2, 0) is 9.59 Å². The molecule has 3 rings (SSSR count). The monoisotopic (exact) mass is 465 g/mol. The van der Waals surface area contributed by atoms with Crippen LogP contribution in [0.25, 0.3) is 17.4 Å². The molecule has 0 bridgehead atoms. The zero-order valence-corrected chi connectivity index (χ0v) is 17.4. The number of aliphatic carboxylic acids is 1. The van der Waals surface area contributed by atoms with Gasteiger partial charge in [-0.15, -0.1) is 0 Å². The molecule has 0 spiro atoms. The summed E-state index contributed by atoms with van der Waals surface area (Å²) in [5.41, 5.74) is 0.948. The van der Waals surface area contributed by atoms with Crippen LogP contribution in [-0.4, -0.2) is 32.7 Å². The van der Waals surface area contributed by atoms with Crippen LogP contribution in [0.3, 0.4) is 0 Å². The largest absolute Gasteiger partial charge is 0.481 e. The second kappa shape index (κ2) is 8.86. The fourth-order valence-electron chi connectivity index (χ4n) is 2.57. The van der Waals surface area contributed by atoms with Gasteiger partial charge in [-0.05, 0) is 37.1 Å². The Balaban J connectivity index is 1.67. The van der Waals surface area contributed by atoms with Crippen LogP contribution >= 0.6 is 39.9 Å². The number of rotatable bonds is 7. The summed E-state index contributed by atoms with van der Waals surface area (Å²) in [6, 6.07) is 11.4. The highest BCUT2D eigenvalue weighted by Gasteiger charge is 2.31. The van der Waals surface area contributed by atoms with E-state index in [2.05, 4.69) is 15.9 Å². The summed E-state index contributed by atoms with van der Waals surface area (Å²) in [4.78, 5) is 25.1. The number of amides is 1. The van der Waals surface area contributed by atoms with E-state index < -0.39 is 5.97 Å². The lowest BCUT2D eigenvalue weighted by Crippen LogP contribution is -2.29. The number of nitrogens with zero attached hydrogens (tertiary/aromatic N) is 1. The van der Waals surface area contributed by atoms with Gasteiger partial charge in [0.15, 0.2) is 0 Å². The number of halogens is 1. The van der Waals surface area contributed by atoms with Gasteiger partial charge in [0.1, 0.15) is 15.8 Å². The van der Waals surface area contributed by atoms with Crippen molar-refractivity contribution in [1.29, 1.82) is 0 Å². The van der Waals surface area contributed by atoms with E-state index in [1.165, 1.54) is 16.7 Å². The molecule has 0 atom stereocenters. The number of benzene rings is 1. The summed E-state index contributed by atoms with van der Waals surface area (Å²) in [7, 11) is 0. The Morgan fingerprint density at radius 1 is 1.22 bits per heavy atom. The molecule has 1 saturated heterocycles. The smallest absolute Gasteiger partial charge is 0.303 e. The lowest BCUT2D eigenvalue weighted by molar-refractivity contribution is -0.137. The molecule has 0 aliphatic carbocycles. The zero-order chi connectivity index (χ0) is 19.4. The highest BCUT2D eigenvalue weighted by molar-refractivity contribution is 9.10. The summed E-state index contributed by atoms with van der Waals surface area (Å²) in [5, 5.41) is 8.68. The highest BCUT2D eigenvalue weighted by atomic mass is 79.9. The van der Waals surface area contributed by atoms with Crippen molar-refractivity contribution >= 4 is 62.2 Å². The lowest BCUT2D eigenvalue weighted by atomic mass is 10.2. The fraction of sp³-hybridized carbons (Fsp3) is 0.211. The molecule has 2 heterocycles. The van der Waals surface area contributed by atoms with Gasteiger partial charge in [-0.1, -0.05) is 52.0 Å². The summed E-state index contributed by atoms with van der Waals surface area (Å²) in [5.74, 6) is 0.304. The predicted molar refractivity (Wildman–Crippen MR) is 113 cm³/mol. The van der Waals surface area contributed by atoms with Crippen molar-refractivity contribution in [3.63, 3.8) is 0 Å². The van der Waals surface area contributed by atoms with Crippen LogP contribution in [0.2, 0.25) is 0 Å². The molecular weight excluding hydrogens is 450 g/mol. The number of unbranched alkanes of at least 4 members (excludes halogenated alkanes) is 1. The zero-order valence-electron chi connectivity index (χ0n) is 14.2. The Bertz CT molecular complexity index is 905. The SMILES string of the molecule is O=C(O)CCCCN1C(=O)/C(=C/c2ccc(-c3ccc(Br)cc3)o2)SC1=S. The lowest BCUT2D eigenvalue weighted by Gasteiger charge is -2.13. The number of carboxylic acids is 1. The molecule has 1 N–H and O–H groups in total. The van der Waals surface area contributed by atoms with Gasteiger partial charge in [0.25, 0.3) is 5.91 Å². The molecule has 1 aromatic heterocycles. The van der Waals surface area contributed by atoms with Gasteiger partial charge < -0.3 is 9.52 Å². The van der Waals surface area contributed by atoms with Crippen molar-refractivity contribution in [2.24, 2.45) is 0 Å². The Morgan fingerprint density at radius 2 is 1.96 bits per heavy atom. The van der Waals surface area contributed by atoms with Crippen LogP contribution < -0.4 is 0 Å². The molecule has 2 aromatic rings. The first kappa shape index (κ1) is 19.9. The van der Waals surface area contributed by atoms with E-state index in [1.807, 2.05) is 36.4 Å². The van der Waals surface area contributed by atoms with E-state index in [4.69, 9.17) is 21.7 Å². The summed E-state index contributed by atoms with van der Waals surface area (Å²) in [6.07, 6.45) is 2.90. The number of furan rings is 1. The third-order valence-corrected chi connectivity index (χ3v) is 5.83. The maximum absolute atomic E-state index is 12.5. The average molecular weight is 466 g/mol. The van der Waals surface area contributed by atoms with Crippen molar-refractivity contribution in [2.45, 2.75) is 19.3 Å². The number of carboxylic acid groups (broad SMARTS) is 1. The highest BCUT2D eigenvalue weighted by Crippen LogP contribution is 2.34. The van der Waals surface area contributed by atoms with E-state index in [1.54, 1.807) is 6.08 Å². The Labute approximate surface area is 174 Å². The second-order valence-electron chi connectivity index (χ2n) is 5.89. The molecule has 1 aliphatic heterocycles. The summed E-state index contributed by atoms with van der Waals surface area (Å²) >= 11 is 9.92. The van der Waals surface area contributed by atoms with Crippen molar-refractivity contribution in [3.05, 3.63) is 51.5 Å². The van der Waals surface area contributed by atoms with Gasteiger partial charge in [0.05, 0.1) is 4.91 Å². The van der Waals surface area contributed by atoms with Crippen molar-refractivity contribution in [2.75, 3.05) is 6.54 Å². The molecule has 0 radical (unpaired) electrons. The molecule has 0 saturated carbocycles. The quantitative estimate of drug-likeness (QED) is 0.345. The Hall–Kier alpha value is -1.90. The number of hydrogen-bond acceptors (Lipinski definition) is 5. The number of hydrogen-bond donors (Lipinski definition) is 1. The van der Waals surface area contributed by atoms with Gasteiger partial charge in [0.2, 0.25) is 0 Å². The van der Waals surface area contributed by atoms with E-state index in [0.717, 1.165) is 15.8 Å². The van der Waals surface area contributed by atoms with Crippen molar-refractivity contribution in [3.8, 4) is 11.3 Å². The molecule has 5 nitrogen and oxygen atoms in total. The van der Waals surface area contributed by atoms with Crippen LogP contribution in [0, 0.1) is 0 Å². The maximum atomic E-state index is 12.5. The molecule has 1 aliphatic rings. The van der Waals surface area contributed by atoms with Gasteiger partial charge in [-0.3, -0.25) is 14.5 Å². The van der Waals surface area contributed by atoms with Crippen LogP contribution in [0.4, 0.5) is 0 Å². The first-order chi connectivity index (χ1) is 12.9. The Morgan fingerprint density at radius 3 is 2.67 bits per heavy atom. The second-order valence-corrected chi connectivity index (χ2v) is 8.48. The minimum absolute atomic E-state index is 0.0931. The number of thioether (sulfide) groups is 1. The summed E-state index contributed by atoms with van der Waals surface area (Å²) in [6.45, 7) is 0.428. The first-order valence-electron chi connectivity index (χ1n) is 8.27. The molecule has 140 valence electrons. The van der Waals surface area contributed by atoms with Crippen LogP contribution in [0.5, 0.6) is 0 Å².